The molecule has 2 heterocycles. The second kappa shape index (κ2) is 10.1. The lowest BCUT2D eigenvalue weighted by Gasteiger charge is -2.46. The highest BCUT2D eigenvalue weighted by Gasteiger charge is 2.52. The van der Waals surface area contributed by atoms with Gasteiger partial charge in [0.2, 0.25) is 5.91 Å². The minimum atomic E-state index is -5.15. The molecule has 2 aliphatic rings. The normalized spacial score (nSPS) is 42.7. The highest BCUT2D eigenvalue weighted by Crippen LogP contribution is 2.30. The van der Waals surface area contributed by atoms with Gasteiger partial charge in [-0.1, -0.05) is 0 Å². The second-order valence-corrected chi connectivity index (χ2v) is 7.81. The molecular formula is C14H25NO14S. The number of rotatable bonds is 7. The van der Waals surface area contributed by atoms with Crippen LogP contribution in [0.25, 0.3) is 0 Å². The molecule has 1 amide bonds. The van der Waals surface area contributed by atoms with E-state index in [9.17, 15) is 43.9 Å². The van der Waals surface area contributed by atoms with Crippen molar-refractivity contribution in [3.8, 4) is 0 Å². The molecular weight excluding hydrogens is 438 g/mol. The summed E-state index contributed by atoms with van der Waals surface area (Å²) in [5.74, 6) is -0.660. The van der Waals surface area contributed by atoms with Crippen molar-refractivity contribution in [1.82, 2.24) is 5.32 Å². The third kappa shape index (κ3) is 5.81. The standard InChI is InChI=1S/C14H25NO14S/c1-4(18)15-7-11(8(19)5(2-16)26-13(7)22)28-14-10(21)12(29-30(23,24)25)9(20)6(3-17)27-14/h5-14,16-17,19-22H,2-3H2,1H3,(H,15,18)(H,23,24,25)/t5-,6-,7-,8+,9+,10-,11-,12+,13-,14+/m1/s1. The first-order chi connectivity index (χ1) is 13.9. The van der Waals surface area contributed by atoms with E-state index in [1.54, 1.807) is 0 Å². The first-order valence-corrected chi connectivity index (χ1v) is 10.1. The van der Waals surface area contributed by atoms with Crippen LogP contribution in [0.15, 0.2) is 0 Å². The van der Waals surface area contributed by atoms with Crippen LogP contribution in [0.1, 0.15) is 6.92 Å². The molecule has 30 heavy (non-hydrogen) atoms. The molecule has 0 aromatic rings. The molecule has 0 saturated carbocycles. The Bertz CT molecular complexity index is 690. The summed E-state index contributed by atoms with van der Waals surface area (Å²) in [5, 5.41) is 61.8. The SMILES string of the molecule is CC(=O)N[C@@H]1[C@@H](O[C@@H]2O[C@H](CO)[C@H](O)[C@H](OS(=O)(=O)O)[C@H]2O)[C@@H](O)[C@@H](CO)O[C@H]1O. The fourth-order valence-corrected chi connectivity index (χ4v) is 3.72. The third-order valence-corrected chi connectivity index (χ3v) is 5.05. The number of ether oxygens (including phenoxy) is 3. The van der Waals surface area contributed by atoms with Crippen LogP contribution in [0.4, 0.5) is 0 Å². The zero-order valence-corrected chi connectivity index (χ0v) is 16.4. The Labute approximate surface area is 170 Å². The quantitative estimate of drug-likeness (QED) is 0.164. The number of carbonyl (C=O) groups excluding carboxylic acids is 1. The molecule has 0 unspecified atom stereocenters. The van der Waals surface area contributed by atoms with Gasteiger partial charge in [0.1, 0.15) is 48.8 Å². The predicted molar refractivity (Wildman–Crippen MR) is 90.6 cm³/mol. The summed E-state index contributed by atoms with van der Waals surface area (Å²) < 4.78 is 50.8. The lowest BCUT2D eigenvalue weighted by Crippen LogP contribution is -2.67. The molecule has 15 nitrogen and oxygen atoms in total. The van der Waals surface area contributed by atoms with Crippen molar-refractivity contribution in [3.05, 3.63) is 0 Å². The number of aliphatic hydroxyl groups is 6. The largest absolute Gasteiger partial charge is 0.397 e. The minimum absolute atomic E-state index is 0.660. The zero-order chi connectivity index (χ0) is 22.8. The summed E-state index contributed by atoms with van der Waals surface area (Å²) in [6, 6.07) is -1.42. The summed E-state index contributed by atoms with van der Waals surface area (Å²) in [6.07, 6.45) is -15.8. The average molecular weight is 463 g/mol. The fraction of sp³-hybridized carbons (Fsp3) is 0.929. The minimum Gasteiger partial charge on any atom is -0.394 e. The molecule has 0 aliphatic carbocycles. The third-order valence-electron chi connectivity index (χ3n) is 4.59. The first kappa shape index (κ1) is 25.2. The van der Waals surface area contributed by atoms with E-state index < -0.39 is 90.9 Å². The molecule has 0 spiro atoms. The molecule has 176 valence electrons. The Morgan fingerprint density at radius 2 is 1.50 bits per heavy atom. The molecule has 0 radical (unpaired) electrons. The summed E-state index contributed by atoms with van der Waals surface area (Å²) in [4.78, 5) is 11.4. The van der Waals surface area contributed by atoms with Crippen LogP contribution in [-0.2, 0) is 33.6 Å². The Morgan fingerprint density at radius 1 is 0.967 bits per heavy atom. The molecule has 2 rings (SSSR count). The zero-order valence-electron chi connectivity index (χ0n) is 15.6. The molecule has 8 N–H and O–H groups in total. The van der Waals surface area contributed by atoms with E-state index in [2.05, 4.69) is 9.50 Å². The number of hydrogen-bond donors (Lipinski definition) is 8. The van der Waals surface area contributed by atoms with Gasteiger partial charge in [0.05, 0.1) is 13.2 Å². The van der Waals surface area contributed by atoms with E-state index in [-0.39, 0.29) is 0 Å². The average Bonchev–Trinajstić information content (AvgIpc) is 2.64. The van der Waals surface area contributed by atoms with Gasteiger partial charge in [-0.2, -0.15) is 8.42 Å². The number of carbonyl (C=O) groups is 1. The van der Waals surface area contributed by atoms with Crippen molar-refractivity contribution in [3.63, 3.8) is 0 Å². The predicted octanol–water partition coefficient (Wildman–Crippen LogP) is -5.43. The maximum Gasteiger partial charge on any atom is 0.397 e. The first-order valence-electron chi connectivity index (χ1n) is 8.72. The van der Waals surface area contributed by atoms with Crippen molar-refractivity contribution >= 4 is 16.3 Å². The number of aliphatic hydroxyl groups excluding tert-OH is 6. The van der Waals surface area contributed by atoms with Crippen LogP contribution in [0.2, 0.25) is 0 Å². The van der Waals surface area contributed by atoms with Crippen molar-refractivity contribution in [2.75, 3.05) is 13.2 Å². The molecule has 10 atom stereocenters. The lowest BCUT2D eigenvalue weighted by atomic mass is 9.95. The van der Waals surface area contributed by atoms with E-state index in [0.717, 1.165) is 6.92 Å². The van der Waals surface area contributed by atoms with Gasteiger partial charge < -0.3 is 50.2 Å². The molecule has 16 heteroatoms. The van der Waals surface area contributed by atoms with E-state index in [1.807, 2.05) is 0 Å². The topological polar surface area (TPSA) is 242 Å². The van der Waals surface area contributed by atoms with E-state index in [4.69, 9.17) is 18.8 Å². The monoisotopic (exact) mass is 463 g/mol. The maximum atomic E-state index is 11.4. The van der Waals surface area contributed by atoms with Gasteiger partial charge in [0.25, 0.3) is 0 Å². The number of nitrogens with one attached hydrogen (secondary N) is 1. The van der Waals surface area contributed by atoms with Gasteiger partial charge in [-0.05, 0) is 0 Å². The van der Waals surface area contributed by atoms with Crippen molar-refractivity contribution in [2.24, 2.45) is 0 Å². The molecule has 2 fully saturated rings. The lowest BCUT2D eigenvalue weighted by molar-refractivity contribution is -0.339. The highest BCUT2D eigenvalue weighted by atomic mass is 32.3. The fourth-order valence-electron chi connectivity index (χ4n) is 3.21. The maximum absolute atomic E-state index is 11.4. The van der Waals surface area contributed by atoms with E-state index >= 15 is 0 Å². The van der Waals surface area contributed by atoms with Gasteiger partial charge >= 0.3 is 10.4 Å². The van der Waals surface area contributed by atoms with Crippen LogP contribution in [0.5, 0.6) is 0 Å². The molecule has 0 bridgehead atoms. The Morgan fingerprint density at radius 3 is 2.00 bits per heavy atom. The second-order valence-electron chi connectivity index (χ2n) is 6.76. The van der Waals surface area contributed by atoms with Crippen LogP contribution in [0.3, 0.4) is 0 Å². The van der Waals surface area contributed by atoms with Crippen LogP contribution >= 0.6 is 0 Å². The smallest absolute Gasteiger partial charge is 0.394 e. The summed E-state index contributed by atoms with van der Waals surface area (Å²) in [7, 11) is -5.15. The van der Waals surface area contributed by atoms with Crippen LogP contribution in [-0.4, -0.2) is 124 Å². The van der Waals surface area contributed by atoms with Crippen molar-refractivity contribution < 1.29 is 66.8 Å². The molecule has 2 saturated heterocycles. The molecule has 0 aromatic heterocycles. The van der Waals surface area contributed by atoms with Crippen LogP contribution in [0, 0.1) is 0 Å². The van der Waals surface area contributed by atoms with E-state index in [1.165, 1.54) is 0 Å². The van der Waals surface area contributed by atoms with E-state index in [0.29, 0.717) is 0 Å². The number of hydrogen-bond acceptors (Lipinski definition) is 13. The number of amides is 1. The van der Waals surface area contributed by atoms with Gasteiger partial charge in [0.15, 0.2) is 12.6 Å². The van der Waals surface area contributed by atoms with Gasteiger partial charge in [0, 0.05) is 6.92 Å². The van der Waals surface area contributed by atoms with Crippen molar-refractivity contribution in [2.45, 2.75) is 68.3 Å². The Balaban J connectivity index is 2.30. The summed E-state index contributed by atoms with van der Waals surface area (Å²) in [6.45, 7) is -0.549. The summed E-state index contributed by atoms with van der Waals surface area (Å²) >= 11 is 0. The molecule has 0 aromatic carbocycles. The van der Waals surface area contributed by atoms with Gasteiger partial charge in [-0.3, -0.25) is 9.35 Å². The highest BCUT2D eigenvalue weighted by molar-refractivity contribution is 7.80. The Hall–Kier alpha value is -1.02. The van der Waals surface area contributed by atoms with Gasteiger partial charge in [-0.15, -0.1) is 0 Å². The Kier molecular flexibility index (Phi) is 8.47. The van der Waals surface area contributed by atoms with Crippen LogP contribution < -0.4 is 5.32 Å². The summed E-state index contributed by atoms with van der Waals surface area (Å²) in [5.41, 5.74) is 0. The van der Waals surface area contributed by atoms with Crippen molar-refractivity contribution in [1.29, 1.82) is 0 Å². The van der Waals surface area contributed by atoms with Gasteiger partial charge in [-0.25, -0.2) is 4.18 Å². The molecule has 2 aliphatic heterocycles.